The largest absolute Gasteiger partial charge is 0.395 e. The quantitative estimate of drug-likeness (QED) is 0.802. The number of aryl methyl sites for hydroxylation is 1. The number of aliphatic hydroxyl groups excluding tert-OH is 1. The summed E-state index contributed by atoms with van der Waals surface area (Å²) in [5.74, 6) is 0.00921. The van der Waals surface area contributed by atoms with Gasteiger partial charge in [-0.05, 0) is 37.5 Å². The van der Waals surface area contributed by atoms with Gasteiger partial charge in [0.15, 0.2) is 0 Å². The van der Waals surface area contributed by atoms with E-state index in [4.69, 9.17) is 5.11 Å². The lowest BCUT2D eigenvalue weighted by molar-refractivity contribution is 0.0706. The Labute approximate surface area is 107 Å². The van der Waals surface area contributed by atoms with Crippen LogP contribution in [0.15, 0.2) is 23.1 Å². The average Bonchev–Trinajstić information content (AvgIpc) is 3.12. The first kappa shape index (κ1) is 12.5. The van der Waals surface area contributed by atoms with Gasteiger partial charge in [-0.3, -0.25) is 4.79 Å². The monoisotopic (exact) mass is 251 g/mol. The molecule has 0 aliphatic heterocycles. The van der Waals surface area contributed by atoms with E-state index in [1.54, 1.807) is 11.0 Å². The Morgan fingerprint density at radius 1 is 1.53 bits per heavy atom. The standard InChI is InChI=1S/C13H17NO2S/c1-9-2-5-11(17)8-12(9)13(16)14(6-7-15)10-3-4-10/h2,5,8,10,15,17H,3-4,6-7H2,1H3. The number of carbonyl (C=O) groups is 1. The second-order valence-electron chi connectivity index (χ2n) is 4.45. The van der Waals surface area contributed by atoms with Crippen LogP contribution in [0.5, 0.6) is 0 Å². The fourth-order valence-electron chi connectivity index (χ4n) is 1.94. The molecule has 92 valence electrons. The minimum absolute atomic E-state index is 0.00921. The van der Waals surface area contributed by atoms with E-state index in [0.29, 0.717) is 18.2 Å². The van der Waals surface area contributed by atoms with Gasteiger partial charge in [0.2, 0.25) is 0 Å². The topological polar surface area (TPSA) is 40.5 Å². The van der Waals surface area contributed by atoms with Crippen molar-refractivity contribution in [1.29, 1.82) is 0 Å². The average molecular weight is 251 g/mol. The van der Waals surface area contributed by atoms with Crippen molar-refractivity contribution >= 4 is 18.5 Å². The third-order valence-corrected chi connectivity index (χ3v) is 3.32. The molecule has 0 saturated heterocycles. The first-order valence-electron chi connectivity index (χ1n) is 5.85. The van der Waals surface area contributed by atoms with Crippen molar-refractivity contribution in [3.05, 3.63) is 29.3 Å². The molecule has 0 aromatic heterocycles. The number of thiol groups is 1. The van der Waals surface area contributed by atoms with Crippen molar-refractivity contribution in [2.75, 3.05) is 13.2 Å². The van der Waals surface area contributed by atoms with E-state index in [0.717, 1.165) is 23.3 Å². The molecule has 1 aliphatic rings. The highest BCUT2D eigenvalue weighted by atomic mass is 32.1. The van der Waals surface area contributed by atoms with Gasteiger partial charge in [0.1, 0.15) is 0 Å². The molecule has 3 nitrogen and oxygen atoms in total. The van der Waals surface area contributed by atoms with E-state index >= 15 is 0 Å². The molecular formula is C13H17NO2S. The molecule has 0 spiro atoms. The molecule has 1 N–H and O–H groups in total. The highest BCUT2D eigenvalue weighted by molar-refractivity contribution is 7.80. The van der Waals surface area contributed by atoms with Crippen LogP contribution in [0.1, 0.15) is 28.8 Å². The van der Waals surface area contributed by atoms with Crippen molar-refractivity contribution in [2.45, 2.75) is 30.7 Å². The maximum Gasteiger partial charge on any atom is 0.254 e. The molecule has 1 aromatic carbocycles. The van der Waals surface area contributed by atoms with Gasteiger partial charge in [0, 0.05) is 23.0 Å². The van der Waals surface area contributed by atoms with Crippen molar-refractivity contribution < 1.29 is 9.90 Å². The lowest BCUT2D eigenvalue weighted by Crippen LogP contribution is -2.35. The van der Waals surface area contributed by atoms with Gasteiger partial charge in [-0.1, -0.05) is 6.07 Å². The summed E-state index contributed by atoms with van der Waals surface area (Å²) in [5.41, 5.74) is 1.65. The molecule has 0 radical (unpaired) electrons. The number of nitrogens with zero attached hydrogens (tertiary/aromatic N) is 1. The van der Waals surface area contributed by atoms with Crippen LogP contribution in [0, 0.1) is 6.92 Å². The molecule has 17 heavy (non-hydrogen) atoms. The predicted octanol–water partition coefficient (Wildman–Crippen LogP) is 1.88. The number of carbonyl (C=O) groups excluding carboxylic acids is 1. The second kappa shape index (κ2) is 5.10. The van der Waals surface area contributed by atoms with Crippen molar-refractivity contribution in [1.82, 2.24) is 4.90 Å². The fourth-order valence-corrected chi connectivity index (χ4v) is 2.14. The van der Waals surface area contributed by atoms with Gasteiger partial charge >= 0.3 is 0 Å². The number of benzene rings is 1. The lowest BCUT2D eigenvalue weighted by Gasteiger charge is -2.22. The lowest BCUT2D eigenvalue weighted by atomic mass is 10.1. The number of hydrogen-bond acceptors (Lipinski definition) is 3. The molecule has 2 rings (SSSR count). The summed E-state index contributed by atoms with van der Waals surface area (Å²) in [6.45, 7) is 2.35. The first-order valence-corrected chi connectivity index (χ1v) is 6.29. The Hall–Kier alpha value is -1.00. The number of hydrogen-bond donors (Lipinski definition) is 2. The van der Waals surface area contributed by atoms with Gasteiger partial charge in [-0.15, -0.1) is 12.6 Å². The van der Waals surface area contributed by atoms with Gasteiger partial charge in [-0.2, -0.15) is 0 Å². The predicted molar refractivity (Wildman–Crippen MR) is 69.6 cm³/mol. The Kier molecular flexibility index (Phi) is 3.74. The molecule has 0 heterocycles. The van der Waals surface area contributed by atoms with Crippen LogP contribution in [0.2, 0.25) is 0 Å². The van der Waals surface area contributed by atoms with E-state index in [-0.39, 0.29) is 12.5 Å². The Morgan fingerprint density at radius 2 is 2.24 bits per heavy atom. The molecule has 0 unspecified atom stereocenters. The van der Waals surface area contributed by atoms with Crippen molar-refractivity contribution in [3.63, 3.8) is 0 Å². The summed E-state index contributed by atoms with van der Waals surface area (Å²) in [6, 6.07) is 5.90. The Bertz CT molecular complexity index is 429. The molecule has 1 aliphatic carbocycles. The highest BCUT2D eigenvalue weighted by Gasteiger charge is 2.33. The minimum Gasteiger partial charge on any atom is -0.395 e. The van der Waals surface area contributed by atoms with E-state index in [1.165, 1.54) is 0 Å². The molecule has 0 atom stereocenters. The summed E-state index contributed by atoms with van der Waals surface area (Å²) in [6.07, 6.45) is 2.09. The van der Waals surface area contributed by atoms with Crippen LogP contribution >= 0.6 is 12.6 Å². The molecule has 0 bridgehead atoms. The summed E-state index contributed by atoms with van der Waals surface area (Å²) < 4.78 is 0. The van der Waals surface area contributed by atoms with Crippen molar-refractivity contribution in [2.24, 2.45) is 0 Å². The van der Waals surface area contributed by atoms with Gasteiger partial charge in [0.05, 0.1) is 6.61 Å². The Morgan fingerprint density at radius 3 is 2.82 bits per heavy atom. The normalized spacial score (nSPS) is 14.8. The van der Waals surface area contributed by atoms with Crippen LogP contribution < -0.4 is 0 Å². The summed E-state index contributed by atoms with van der Waals surface area (Å²) >= 11 is 4.26. The molecule has 4 heteroatoms. The van der Waals surface area contributed by atoms with E-state index in [2.05, 4.69) is 12.6 Å². The molecule has 1 saturated carbocycles. The van der Waals surface area contributed by atoms with E-state index in [9.17, 15) is 4.79 Å². The minimum atomic E-state index is 0.00921. The third-order valence-electron chi connectivity index (χ3n) is 3.04. The van der Waals surface area contributed by atoms with E-state index in [1.807, 2.05) is 19.1 Å². The number of rotatable bonds is 4. The smallest absolute Gasteiger partial charge is 0.254 e. The Balaban J connectivity index is 2.24. The molecule has 1 amide bonds. The van der Waals surface area contributed by atoms with Crippen molar-refractivity contribution in [3.8, 4) is 0 Å². The SMILES string of the molecule is Cc1ccc(S)cc1C(=O)N(CCO)C1CC1. The van der Waals surface area contributed by atoms with Crippen LogP contribution in [0.4, 0.5) is 0 Å². The van der Waals surface area contributed by atoms with Crippen LogP contribution in [0.3, 0.4) is 0 Å². The maximum absolute atomic E-state index is 12.4. The van der Waals surface area contributed by atoms with Crippen LogP contribution in [-0.4, -0.2) is 35.1 Å². The summed E-state index contributed by atoms with van der Waals surface area (Å²) in [7, 11) is 0. The van der Waals surface area contributed by atoms with Crippen LogP contribution in [-0.2, 0) is 0 Å². The fraction of sp³-hybridized carbons (Fsp3) is 0.462. The zero-order valence-corrected chi connectivity index (χ0v) is 10.8. The van der Waals surface area contributed by atoms with Gasteiger partial charge in [0.25, 0.3) is 5.91 Å². The zero-order valence-electron chi connectivity index (χ0n) is 9.89. The van der Waals surface area contributed by atoms with Crippen LogP contribution in [0.25, 0.3) is 0 Å². The highest BCUT2D eigenvalue weighted by Crippen LogP contribution is 2.28. The zero-order chi connectivity index (χ0) is 12.4. The van der Waals surface area contributed by atoms with E-state index < -0.39 is 0 Å². The maximum atomic E-state index is 12.4. The molecule has 1 aromatic rings. The molecule has 1 fully saturated rings. The second-order valence-corrected chi connectivity index (χ2v) is 4.97. The first-order chi connectivity index (χ1) is 8.13. The number of amides is 1. The summed E-state index contributed by atoms with van der Waals surface area (Å²) in [4.78, 5) is 14.9. The molecular weight excluding hydrogens is 234 g/mol. The third kappa shape index (κ3) is 2.82. The van der Waals surface area contributed by atoms with Gasteiger partial charge in [-0.25, -0.2) is 0 Å². The number of aliphatic hydroxyl groups is 1. The summed E-state index contributed by atoms with van der Waals surface area (Å²) in [5, 5.41) is 9.02. The van der Waals surface area contributed by atoms with Gasteiger partial charge < -0.3 is 10.0 Å².